The lowest BCUT2D eigenvalue weighted by molar-refractivity contribution is -0.0370. The van der Waals surface area contributed by atoms with Crippen LogP contribution in [0.4, 0.5) is 11.5 Å². The zero-order valence-corrected chi connectivity index (χ0v) is 19.0. The predicted molar refractivity (Wildman–Crippen MR) is 121 cm³/mol. The minimum absolute atomic E-state index is 0.104. The van der Waals surface area contributed by atoms with Crippen LogP contribution in [0.1, 0.15) is 38.0 Å². The van der Waals surface area contributed by atoms with Gasteiger partial charge in [0.25, 0.3) is 0 Å². The molecule has 2 aromatic heterocycles. The molecule has 0 amide bonds. The molecule has 0 saturated carbocycles. The number of para-hydroxylation sites is 1. The smallest absolute Gasteiger partial charge is 0.232 e. The fourth-order valence-corrected chi connectivity index (χ4v) is 5.00. The normalized spacial score (nSPS) is 17.1. The van der Waals surface area contributed by atoms with Crippen LogP contribution >= 0.6 is 11.6 Å². The Bertz CT molecular complexity index is 1180. The average molecular weight is 465 g/mol. The lowest BCUT2D eigenvalue weighted by Crippen LogP contribution is -2.30. The number of hydrogen-bond acceptors (Lipinski definition) is 7. The highest BCUT2D eigenvalue weighted by Crippen LogP contribution is 2.30. The van der Waals surface area contributed by atoms with Crippen LogP contribution in [0.3, 0.4) is 0 Å². The molecule has 1 aliphatic rings. The molecule has 1 unspecified atom stereocenters. The van der Waals surface area contributed by atoms with E-state index in [9.17, 15) is 8.42 Å². The number of sulfonamides is 1. The molecule has 3 heterocycles. The molecular weight excluding hydrogens is 440 g/mol. The van der Waals surface area contributed by atoms with E-state index in [2.05, 4.69) is 20.4 Å². The minimum Gasteiger partial charge on any atom is -0.365 e. The molecule has 1 atom stereocenters. The van der Waals surface area contributed by atoms with Gasteiger partial charge in [-0.2, -0.15) is 15.1 Å². The lowest BCUT2D eigenvalue weighted by Gasteiger charge is -2.24. The molecule has 31 heavy (non-hydrogen) atoms. The number of halogens is 1. The van der Waals surface area contributed by atoms with Crippen molar-refractivity contribution >= 4 is 44.2 Å². The standard InChI is InChI=1S/C20H25ClN6O3S/c1-3-26(31(2,28)29)16-9-5-4-8-14(16)12-22-18-15-13-23-27(17-10-6-7-11-30-17)19(15)25-20(21)24-18/h4-5,8-9,13,17H,3,6-7,10-12H2,1-2H3,(H,22,24,25). The molecule has 9 nitrogen and oxygen atoms in total. The van der Waals surface area contributed by atoms with Gasteiger partial charge in [0.1, 0.15) is 5.82 Å². The van der Waals surface area contributed by atoms with E-state index in [0.29, 0.717) is 36.8 Å². The van der Waals surface area contributed by atoms with E-state index in [1.807, 2.05) is 18.2 Å². The van der Waals surface area contributed by atoms with E-state index in [-0.39, 0.29) is 11.5 Å². The zero-order chi connectivity index (χ0) is 22.0. The summed E-state index contributed by atoms with van der Waals surface area (Å²) in [7, 11) is -3.39. The van der Waals surface area contributed by atoms with Gasteiger partial charge in [0.05, 0.1) is 23.5 Å². The minimum atomic E-state index is -3.39. The monoisotopic (exact) mass is 464 g/mol. The fourth-order valence-electron chi connectivity index (χ4n) is 3.83. The summed E-state index contributed by atoms with van der Waals surface area (Å²) < 4.78 is 33.4. The second-order valence-corrected chi connectivity index (χ2v) is 9.64. The quantitative estimate of drug-likeness (QED) is 0.533. The maximum absolute atomic E-state index is 12.2. The molecule has 1 N–H and O–H groups in total. The van der Waals surface area contributed by atoms with E-state index in [0.717, 1.165) is 30.2 Å². The van der Waals surface area contributed by atoms with Crippen molar-refractivity contribution in [2.45, 2.75) is 39.0 Å². The first-order valence-electron chi connectivity index (χ1n) is 10.2. The van der Waals surface area contributed by atoms with Crippen molar-refractivity contribution in [2.75, 3.05) is 29.0 Å². The topological polar surface area (TPSA) is 102 Å². The van der Waals surface area contributed by atoms with Crippen LogP contribution in [0, 0.1) is 0 Å². The molecule has 166 valence electrons. The van der Waals surface area contributed by atoms with Gasteiger partial charge in [0, 0.05) is 19.7 Å². The van der Waals surface area contributed by atoms with Crippen LogP contribution in [-0.2, 0) is 21.3 Å². The van der Waals surface area contributed by atoms with E-state index in [4.69, 9.17) is 16.3 Å². The Labute approximate surface area is 186 Å². The number of ether oxygens (including phenoxy) is 1. The van der Waals surface area contributed by atoms with Crippen LogP contribution < -0.4 is 9.62 Å². The number of hydrogen-bond donors (Lipinski definition) is 1. The molecule has 0 aliphatic carbocycles. The lowest BCUT2D eigenvalue weighted by atomic mass is 10.1. The van der Waals surface area contributed by atoms with E-state index < -0.39 is 10.0 Å². The van der Waals surface area contributed by atoms with Gasteiger partial charge in [-0.05, 0) is 49.4 Å². The molecule has 1 fully saturated rings. The van der Waals surface area contributed by atoms with Crippen LogP contribution in [0.2, 0.25) is 5.28 Å². The number of benzene rings is 1. The molecular formula is C20H25ClN6O3S. The highest BCUT2D eigenvalue weighted by atomic mass is 35.5. The Balaban J connectivity index is 1.64. The summed E-state index contributed by atoms with van der Waals surface area (Å²) in [5.74, 6) is 0.536. The first kappa shape index (κ1) is 21.8. The molecule has 3 aromatic rings. The summed E-state index contributed by atoms with van der Waals surface area (Å²) >= 11 is 6.21. The average Bonchev–Trinajstić information content (AvgIpc) is 3.17. The van der Waals surface area contributed by atoms with Crippen molar-refractivity contribution in [2.24, 2.45) is 0 Å². The first-order valence-corrected chi connectivity index (χ1v) is 12.4. The largest absolute Gasteiger partial charge is 0.365 e. The van der Waals surface area contributed by atoms with Crippen LogP contribution in [-0.4, -0.2) is 47.6 Å². The summed E-state index contributed by atoms with van der Waals surface area (Å²) in [6, 6.07) is 7.37. The number of fused-ring (bicyclic) bond motifs is 1. The van der Waals surface area contributed by atoms with Crippen LogP contribution in [0.15, 0.2) is 30.5 Å². The van der Waals surface area contributed by atoms with Crippen molar-refractivity contribution in [3.8, 4) is 0 Å². The number of rotatable bonds is 7. The SMILES string of the molecule is CCN(c1ccccc1CNc1nc(Cl)nc2c1cnn2C1CCCCO1)S(C)(=O)=O. The van der Waals surface area contributed by atoms with Crippen molar-refractivity contribution < 1.29 is 13.2 Å². The number of anilines is 2. The number of nitrogens with one attached hydrogen (secondary N) is 1. The first-order chi connectivity index (χ1) is 14.9. The Morgan fingerprint density at radius 1 is 1.29 bits per heavy atom. The van der Waals surface area contributed by atoms with Gasteiger partial charge in [-0.1, -0.05) is 18.2 Å². The molecule has 1 saturated heterocycles. The number of aromatic nitrogens is 4. The highest BCUT2D eigenvalue weighted by Gasteiger charge is 2.22. The maximum atomic E-state index is 12.2. The van der Waals surface area contributed by atoms with Gasteiger partial charge < -0.3 is 10.1 Å². The Hall–Kier alpha value is -2.43. The highest BCUT2D eigenvalue weighted by molar-refractivity contribution is 7.92. The zero-order valence-electron chi connectivity index (χ0n) is 17.5. The Morgan fingerprint density at radius 3 is 2.81 bits per heavy atom. The molecule has 0 radical (unpaired) electrons. The molecule has 11 heteroatoms. The van der Waals surface area contributed by atoms with Crippen molar-refractivity contribution in [1.29, 1.82) is 0 Å². The van der Waals surface area contributed by atoms with Crippen molar-refractivity contribution in [3.05, 3.63) is 41.3 Å². The number of nitrogens with zero attached hydrogens (tertiary/aromatic N) is 5. The van der Waals surface area contributed by atoms with Gasteiger partial charge in [-0.3, -0.25) is 4.31 Å². The third-order valence-electron chi connectivity index (χ3n) is 5.25. The van der Waals surface area contributed by atoms with Crippen molar-refractivity contribution in [3.63, 3.8) is 0 Å². The van der Waals surface area contributed by atoms with Gasteiger partial charge in [-0.25, -0.2) is 13.1 Å². The third kappa shape index (κ3) is 4.60. The van der Waals surface area contributed by atoms with Gasteiger partial charge in [-0.15, -0.1) is 0 Å². The summed E-state index contributed by atoms with van der Waals surface area (Å²) in [6.07, 6.45) is 5.72. The second-order valence-electron chi connectivity index (χ2n) is 7.40. The fraction of sp³-hybridized carbons (Fsp3) is 0.450. The maximum Gasteiger partial charge on any atom is 0.232 e. The summed E-state index contributed by atoms with van der Waals surface area (Å²) in [5, 5.41) is 8.58. The Morgan fingerprint density at radius 2 is 2.10 bits per heavy atom. The molecule has 1 aromatic carbocycles. The van der Waals surface area contributed by atoms with Crippen LogP contribution in [0.5, 0.6) is 0 Å². The van der Waals surface area contributed by atoms with Gasteiger partial charge in [0.2, 0.25) is 15.3 Å². The van der Waals surface area contributed by atoms with E-state index in [1.54, 1.807) is 23.9 Å². The molecule has 0 bridgehead atoms. The summed E-state index contributed by atoms with van der Waals surface area (Å²) in [4.78, 5) is 8.70. The summed E-state index contributed by atoms with van der Waals surface area (Å²) in [5.41, 5.74) is 2.05. The predicted octanol–water partition coefficient (Wildman–Crippen LogP) is 3.58. The Kier molecular flexibility index (Phi) is 6.31. The van der Waals surface area contributed by atoms with E-state index in [1.165, 1.54) is 10.6 Å². The summed E-state index contributed by atoms with van der Waals surface area (Å²) in [6.45, 7) is 3.20. The third-order valence-corrected chi connectivity index (χ3v) is 6.67. The van der Waals surface area contributed by atoms with E-state index >= 15 is 0 Å². The molecule has 0 spiro atoms. The molecule has 4 rings (SSSR count). The molecule has 1 aliphatic heterocycles. The van der Waals surface area contributed by atoms with Gasteiger partial charge in [0.15, 0.2) is 11.9 Å². The van der Waals surface area contributed by atoms with Gasteiger partial charge >= 0.3 is 0 Å². The van der Waals surface area contributed by atoms with Crippen LogP contribution in [0.25, 0.3) is 11.0 Å². The van der Waals surface area contributed by atoms with Crippen molar-refractivity contribution in [1.82, 2.24) is 19.7 Å². The second kappa shape index (κ2) is 8.97.